The largest absolute Gasteiger partial charge is 0.379 e. The van der Waals surface area contributed by atoms with Gasteiger partial charge in [-0.1, -0.05) is 25.2 Å². The van der Waals surface area contributed by atoms with E-state index in [0.717, 1.165) is 44.8 Å². The standard InChI is InChI=1S/C19H26N4/c1-2-16-5-7-21-18(14-16)19-15-17(6-8-22-19)4-3-11-23-12-9-20-10-13-23/h3-8,14-15,18,20-21H,2,9-13H2,1H3/b4-3+. The summed E-state index contributed by atoms with van der Waals surface area (Å²) in [4.78, 5) is 7.01. The summed E-state index contributed by atoms with van der Waals surface area (Å²) in [5.41, 5.74) is 3.65. The molecule has 1 atom stereocenters. The zero-order chi connectivity index (χ0) is 15.9. The molecule has 23 heavy (non-hydrogen) atoms. The van der Waals surface area contributed by atoms with Crippen LogP contribution in [0, 0.1) is 0 Å². The molecule has 0 aromatic carbocycles. The highest BCUT2D eigenvalue weighted by Gasteiger charge is 2.12. The Balaban J connectivity index is 1.63. The fourth-order valence-corrected chi connectivity index (χ4v) is 2.95. The smallest absolute Gasteiger partial charge is 0.0871 e. The normalized spacial score (nSPS) is 22.1. The van der Waals surface area contributed by atoms with Crippen LogP contribution in [-0.4, -0.2) is 42.6 Å². The first kappa shape index (κ1) is 16.0. The van der Waals surface area contributed by atoms with Crippen molar-refractivity contribution in [2.45, 2.75) is 19.4 Å². The molecule has 0 amide bonds. The molecule has 3 heterocycles. The molecular weight excluding hydrogens is 284 g/mol. The molecule has 0 radical (unpaired) electrons. The van der Waals surface area contributed by atoms with Gasteiger partial charge in [-0.2, -0.15) is 0 Å². The summed E-state index contributed by atoms with van der Waals surface area (Å²) in [5.74, 6) is 0. The molecule has 4 nitrogen and oxygen atoms in total. The van der Waals surface area contributed by atoms with E-state index in [9.17, 15) is 0 Å². The second kappa shape index (κ2) is 8.09. The Bertz CT molecular complexity index is 597. The van der Waals surface area contributed by atoms with E-state index >= 15 is 0 Å². The fourth-order valence-electron chi connectivity index (χ4n) is 2.95. The van der Waals surface area contributed by atoms with Crippen LogP contribution in [0.2, 0.25) is 0 Å². The minimum Gasteiger partial charge on any atom is -0.379 e. The van der Waals surface area contributed by atoms with E-state index in [1.165, 1.54) is 11.1 Å². The van der Waals surface area contributed by atoms with Gasteiger partial charge in [-0.25, -0.2) is 0 Å². The molecule has 1 fully saturated rings. The number of hydrogen-bond donors (Lipinski definition) is 2. The van der Waals surface area contributed by atoms with Crippen molar-refractivity contribution in [1.82, 2.24) is 20.5 Å². The minimum atomic E-state index is 0.177. The molecule has 1 aromatic rings. The van der Waals surface area contributed by atoms with Crippen LogP contribution >= 0.6 is 0 Å². The topological polar surface area (TPSA) is 40.2 Å². The summed E-state index contributed by atoms with van der Waals surface area (Å²) in [6, 6.07) is 4.42. The number of allylic oxidation sites excluding steroid dienone is 2. The highest BCUT2D eigenvalue weighted by molar-refractivity contribution is 5.50. The number of pyridine rings is 1. The van der Waals surface area contributed by atoms with Gasteiger partial charge in [-0.05, 0) is 42.0 Å². The highest BCUT2D eigenvalue weighted by Crippen LogP contribution is 2.20. The van der Waals surface area contributed by atoms with Crippen molar-refractivity contribution in [3.8, 4) is 0 Å². The lowest BCUT2D eigenvalue weighted by atomic mass is 10.0. The van der Waals surface area contributed by atoms with Crippen LogP contribution in [0.4, 0.5) is 0 Å². The third-order valence-corrected chi connectivity index (χ3v) is 4.37. The molecule has 1 unspecified atom stereocenters. The molecule has 0 saturated carbocycles. The van der Waals surface area contributed by atoms with Crippen molar-refractivity contribution >= 4 is 6.08 Å². The zero-order valence-corrected chi connectivity index (χ0v) is 13.8. The van der Waals surface area contributed by atoms with Crippen molar-refractivity contribution in [1.29, 1.82) is 0 Å². The summed E-state index contributed by atoms with van der Waals surface area (Å²) in [5, 5.41) is 6.76. The summed E-state index contributed by atoms with van der Waals surface area (Å²) in [7, 11) is 0. The predicted molar refractivity (Wildman–Crippen MR) is 96.0 cm³/mol. The Labute approximate surface area is 139 Å². The fraction of sp³-hybridized carbons (Fsp3) is 0.421. The minimum absolute atomic E-state index is 0.177. The van der Waals surface area contributed by atoms with Gasteiger partial charge in [0.2, 0.25) is 0 Å². The molecule has 122 valence electrons. The van der Waals surface area contributed by atoms with Crippen molar-refractivity contribution < 1.29 is 0 Å². The SMILES string of the molecule is CCC1=CC(c2cc(/C=C/CN3CCNCC3)ccn2)NC=C1. The quantitative estimate of drug-likeness (QED) is 0.877. The first-order valence-corrected chi connectivity index (χ1v) is 8.54. The van der Waals surface area contributed by atoms with Crippen molar-refractivity contribution in [3.63, 3.8) is 0 Å². The van der Waals surface area contributed by atoms with Gasteiger partial charge in [-0.15, -0.1) is 0 Å². The average Bonchev–Trinajstić information content (AvgIpc) is 2.63. The molecule has 1 aromatic heterocycles. The molecule has 0 aliphatic carbocycles. The van der Waals surface area contributed by atoms with E-state index in [1.807, 2.05) is 12.4 Å². The lowest BCUT2D eigenvalue weighted by molar-refractivity contribution is 0.265. The van der Waals surface area contributed by atoms with Crippen LogP contribution in [0.3, 0.4) is 0 Å². The van der Waals surface area contributed by atoms with Crippen LogP contribution in [0.1, 0.15) is 30.6 Å². The Kier molecular flexibility index (Phi) is 5.61. The summed E-state index contributed by atoms with van der Waals surface area (Å²) in [6.07, 6.45) is 13.8. The maximum atomic E-state index is 4.54. The van der Waals surface area contributed by atoms with Crippen LogP contribution in [-0.2, 0) is 0 Å². The second-order valence-corrected chi connectivity index (χ2v) is 6.04. The molecule has 2 aliphatic rings. The average molecular weight is 310 g/mol. The predicted octanol–water partition coefficient (Wildman–Crippen LogP) is 2.49. The third kappa shape index (κ3) is 4.53. The van der Waals surface area contributed by atoms with Gasteiger partial charge in [0.1, 0.15) is 0 Å². The van der Waals surface area contributed by atoms with Gasteiger partial charge in [-0.3, -0.25) is 9.88 Å². The van der Waals surface area contributed by atoms with Crippen molar-refractivity contribution in [3.05, 3.63) is 59.6 Å². The number of hydrogen-bond acceptors (Lipinski definition) is 4. The number of rotatable bonds is 5. The molecule has 1 saturated heterocycles. The van der Waals surface area contributed by atoms with E-state index in [2.05, 4.69) is 63.9 Å². The maximum absolute atomic E-state index is 4.54. The Hall–Kier alpha value is -1.91. The van der Waals surface area contributed by atoms with Gasteiger partial charge >= 0.3 is 0 Å². The molecular formula is C19H26N4. The van der Waals surface area contributed by atoms with Crippen molar-refractivity contribution in [2.75, 3.05) is 32.7 Å². The molecule has 4 heteroatoms. The van der Waals surface area contributed by atoms with E-state index in [1.54, 1.807) is 0 Å². The Morgan fingerprint density at radius 2 is 2.22 bits per heavy atom. The molecule has 0 bridgehead atoms. The van der Waals surface area contributed by atoms with Crippen LogP contribution < -0.4 is 10.6 Å². The van der Waals surface area contributed by atoms with E-state index in [4.69, 9.17) is 0 Å². The van der Waals surface area contributed by atoms with E-state index in [-0.39, 0.29) is 6.04 Å². The molecule has 3 rings (SSSR count). The zero-order valence-electron chi connectivity index (χ0n) is 13.8. The number of dihydropyridines is 1. The van der Waals surface area contributed by atoms with Gasteiger partial charge in [0, 0.05) is 38.9 Å². The number of piperazine rings is 1. The maximum Gasteiger partial charge on any atom is 0.0871 e. The Morgan fingerprint density at radius 1 is 1.35 bits per heavy atom. The van der Waals surface area contributed by atoms with Crippen molar-refractivity contribution in [2.24, 2.45) is 0 Å². The monoisotopic (exact) mass is 310 g/mol. The lowest BCUT2D eigenvalue weighted by Gasteiger charge is -2.25. The summed E-state index contributed by atoms with van der Waals surface area (Å²) in [6.45, 7) is 7.66. The number of aromatic nitrogens is 1. The van der Waals surface area contributed by atoms with Gasteiger partial charge in [0.25, 0.3) is 0 Å². The van der Waals surface area contributed by atoms with Gasteiger partial charge < -0.3 is 10.6 Å². The first-order chi connectivity index (χ1) is 11.3. The summed E-state index contributed by atoms with van der Waals surface area (Å²) < 4.78 is 0. The van der Waals surface area contributed by atoms with Gasteiger partial charge in [0.15, 0.2) is 0 Å². The first-order valence-electron chi connectivity index (χ1n) is 8.54. The van der Waals surface area contributed by atoms with E-state index in [0.29, 0.717) is 0 Å². The lowest BCUT2D eigenvalue weighted by Crippen LogP contribution is -2.43. The van der Waals surface area contributed by atoms with E-state index < -0.39 is 0 Å². The highest BCUT2D eigenvalue weighted by atomic mass is 15.2. The molecule has 2 N–H and O–H groups in total. The molecule has 0 spiro atoms. The van der Waals surface area contributed by atoms with Crippen LogP contribution in [0.5, 0.6) is 0 Å². The van der Waals surface area contributed by atoms with Crippen LogP contribution in [0.15, 0.2) is 48.3 Å². The number of nitrogens with zero attached hydrogens (tertiary/aromatic N) is 2. The molecule has 2 aliphatic heterocycles. The third-order valence-electron chi connectivity index (χ3n) is 4.37. The number of nitrogens with one attached hydrogen (secondary N) is 2. The van der Waals surface area contributed by atoms with Gasteiger partial charge in [0.05, 0.1) is 11.7 Å². The summed E-state index contributed by atoms with van der Waals surface area (Å²) >= 11 is 0. The van der Waals surface area contributed by atoms with Crippen LogP contribution in [0.25, 0.3) is 6.08 Å². The second-order valence-electron chi connectivity index (χ2n) is 6.04. The Morgan fingerprint density at radius 3 is 3.04 bits per heavy atom.